The second-order valence-corrected chi connectivity index (χ2v) is 5.28. The average Bonchev–Trinajstić information content (AvgIpc) is 2.38. The number of pyridine rings is 1. The van der Waals surface area contributed by atoms with Gasteiger partial charge >= 0.3 is 0 Å². The van der Waals surface area contributed by atoms with Crippen molar-refractivity contribution in [2.24, 2.45) is 5.84 Å². The van der Waals surface area contributed by atoms with Gasteiger partial charge in [-0.15, -0.1) is 0 Å². The first-order valence-electron chi connectivity index (χ1n) is 6.35. The summed E-state index contributed by atoms with van der Waals surface area (Å²) in [7, 11) is 0. The van der Waals surface area contributed by atoms with Crippen LogP contribution in [0.5, 0.6) is 0 Å². The Balaban J connectivity index is 2.30. The van der Waals surface area contributed by atoms with Gasteiger partial charge in [-0.3, -0.25) is 16.3 Å². The number of hydrogen-bond acceptors (Lipinski definition) is 3. The van der Waals surface area contributed by atoms with E-state index in [0.717, 1.165) is 17.0 Å². The van der Waals surface area contributed by atoms with Crippen LogP contribution in [0.4, 0.5) is 4.39 Å². The van der Waals surface area contributed by atoms with Crippen molar-refractivity contribution in [1.82, 2.24) is 10.4 Å². The third kappa shape index (κ3) is 3.54. The molecular weight excluding hydrogens is 277 g/mol. The molecule has 1 aromatic carbocycles. The molecule has 0 aliphatic heterocycles. The molecule has 1 atom stereocenters. The number of aryl methyl sites for hydroxylation is 2. The number of rotatable bonds is 4. The highest BCUT2D eigenvalue weighted by atomic mass is 35.5. The Morgan fingerprint density at radius 3 is 2.50 bits per heavy atom. The molecular formula is C15H17ClFN3. The molecule has 0 fully saturated rings. The minimum absolute atomic E-state index is 0.191. The molecule has 0 radical (unpaired) electrons. The Morgan fingerprint density at radius 2 is 1.90 bits per heavy atom. The predicted octanol–water partition coefficient (Wildman–Crippen LogP) is 3.24. The molecule has 0 saturated heterocycles. The summed E-state index contributed by atoms with van der Waals surface area (Å²) in [5.74, 6) is 5.33. The molecule has 1 unspecified atom stereocenters. The van der Waals surface area contributed by atoms with Crippen LogP contribution in [-0.4, -0.2) is 4.98 Å². The molecule has 2 rings (SSSR count). The Bertz CT molecular complexity index is 596. The van der Waals surface area contributed by atoms with Gasteiger partial charge < -0.3 is 0 Å². The highest BCUT2D eigenvalue weighted by Crippen LogP contribution is 2.23. The second kappa shape index (κ2) is 6.31. The minimum Gasteiger partial charge on any atom is -0.271 e. The lowest BCUT2D eigenvalue weighted by molar-refractivity contribution is 0.528. The number of hydrogen-bond donors (Lipinski definition) is 2. The highest BCUT2D eigenvalue weighted by molar-refractivity contribution is 6.30. The topological polar surface area (TPSA) is 50.9 Å². The van der Waals surface area contributed by atoms with Gasteiger partial charge in [0.25, 0.3) is 0 Å². The number of halogens is 2. The molecule has 0 saturated carbocycles. The number of nitrogens with two attached hydrogens (primary N) is 1. The summed E-state index contributed by atoms with van der Waals surface area (Å²) in [6.45, 7) is 3.84. The molecule has 1 heterocycles. The van der Waals surface area contributed by atoms with Crippen LogP contribution < -0.4 is 11.3 Å². The molecule has 5 heteroatoms. The van der Waals surface area contributed by atoms with Crippen molar-refractivity contribution in [2.75, 3.05) is 0 Å². The predicted molar refractivity (Wildman–Crippen MR) is 78.9 cm³/mol. The fraction of sp³-hybridized carbons (Fsp3) is 0.267. The Hall–Kier alpha value is -1.49. The number of aromatic nitrogens is 1. The number of hydrazine groups is 1. The van der Waals surface area contributed by atoms with Gasteiger partial charge in [-0.25, -0.2) is 4.39 Å². The van der Waals surface area contributed by atoms with Crippen molar-refractivity contribution in [3.05, 3.63) is 63.7 Å². The fourth-order valence-corrected chi connectivity index (χ4v) is 2.46. The molecule has 2 aromatic rings. The van der Waals surface area contributed by atoms with Crippen LogP contribution in [0.2, 0.25) is 5.02 Å². The van der Waals surface area contributed by atoms with Crippen molar-refractivity contribution in [3.63, 3.8) is 0 Å². The minimum atomic E-state index is -0.280. The maximum absolute atomic E-state index is 13.8. The van der Waals surface area contributed by atoms with E-state index in [9.17, 15) is 4.39 Å². The van der Waals surface area contributed by atoms with Crippen molar-refractivity contribution < 1.29 is 4.39 Å². The average molecular weight is 294 g/mol. The lowest BCUT2D eigenvalue weighted by atomic mass is 9.98. The molecule has 1 aromatic heterocycles. The van der Waals surface area contributed by atoms with Crippen molar-refractivity contribution in [3.8, 4) is 0 Å². The summed E-state index contributed by atoms with van der Waals surface area (Å²) in [6, 6.07) is 8.23. The van der Waals surface area contributed by atoms with Gasteiger partial charge in [0.1, 0.15) is 5.82 Å². The highest BCUT2D eigenvalue weighted by Gasteiger charge is 2.14. The molecule has 0 aliphatic rings. The summed E-state index contributed by atoms with van der Waals surface area (Å²) < 4.78 is 13.8. The SMILES string of the molecule is Cc1cc(C(Cc2cc(Cl)ccc2F)NN)cc(C)n1. The number of benzene rings is 1. The lowest BCUT2D eigenvalue weighted by Gasteiger charge is -2.18. The summed E-state index contributed by atoms with van der Waals surface area (Å²) >= 11 is 5.91. The maximum Gasteiger partial charge on any atom is 0.126 e. The fourth-order valence-electron chi connectivity index (χ4n) is 2.26. The number of nitrogens with zero attached hydrogens (tertiary/aromatic N) is 1. The van der Waals surface area contributed by atoms with E-state index in [1.54, 1.807) is 6.07 Å². The van der Waals surface area contributed by atoms with E-state index < -0.39 is 0 Å². The van der Waals surface area contributed by atoms with Gasteiger partial charge in [-0.2, -0.15) is 0 Å². The first-order valence-corrected chi connectivity index (χ1v) is 6.72. The third-order valence-corrected chi connectivity index (χ3v) is 3.37. The normalized spacial score (nSPS) is 12.4. The Kier molecular flexibility index (Phi) is 4.70. The molecule has 3 nitrogen and oxygen atoms in total. The van der Waals surface area contributed by atoms with Crippen molar-refractivity contribution >= 4 is 11.6 Å². The van der Waals surface area contributed by atoms with Gasteiger partial charge in [0.05, 0.1) is 6.04 Å². The second-order valence-electron chi connectivity index (χ2n) is 4.84. The molecule has 0 spiro atoms. The van der Waals surface area contributed by atoms with Gasteiger partial charge in [-0.05, 0) is 61.7 Å². The summed E-state index contributed by atoms with van der Waals surface area (Å²) in [5.41, 5.74) is 6.07. The van der Waals surface area contributed by atoms with Crippen LogP contribution >= 0.6 is 11.6 Å². The largest absolute Gasteiger partial charge is 0.271 e. The maximum atomic E-state index is 13.8. The van der Waals surface area contributed by atoms with Gasteiger partial charge in [-0.1, -0.05) is 11.6 Å². The van der Waals surface area contributed by atoms with Crippen LogP contribution in [0.1, 0.15) is 28.6 Å². The summed E-state index contributed by atoms with van der Waals surface area (Å²) in [5, 5.41) is 0.513. The van der Waals surface area contributed by atoms with Gasteiger partial charge in [0, 0.05) is 16.4 Å². The molecule has 0 bridgehead atoms. The summed E-state index contributed by atoms with van der Waals surface area (Å²) in [4.78, 5) is 4.33. The van der Waals surface area contributed by atoms with Crippen LogP contribution in [-0.2, 0) is 6.42 Å². The van der Waals surface area contributed by atoms with Crippen LogP contribution in [0, 0.1) is 19.7 Å². The van der Waals surface area contributed by atoms with E-state index in [1.165, 1.54) is 12.1 Å². The van der Waals surface area contributed by atoms with E-state index in [0.29, 0.717) is 17.0 Å². The van der Waals surface area contributed by atoms with Crippen molar-refractivity contribution in [2.45, 2.75) is 26.3 Å². The van der Waals surface area contributed by atoms with E-state index in [2.05, 4.69) is 10.4 Å². The zero-order valence-electron chi connectivity index (χ0n) is 11.5. The van der Waals surface area contributed by atoms with Crippen LogP contribution in [0.15, 0.2) is 30.3 Å². The van der Waals surface area contributed by atoms with Crippen molar-refractivity contribution in [1.29, 1.82) is 0 Å². The molecule has 0 aliphatic carbocycles. The van der Waals surface area contributed by atoms with Crippen LogP contribution in [0.3, 0.4) is 0 Å². The monoisotopic (exact) mass is 293 g/mol. The molecule has 0 amide bonds. The Morgan fingerprint density at radius 1 is 1.25 bits per heavy atom. The molecule has 106 valence electrons. The van der Waals surface area contributed by atoms with Gasteiger partial charge in [0.2, 0.25) is 0 Å². The molecule has 20 heavy (non-hydrogen) atoms. The Labute approximate surface area is 122 Å². The quantitative estimate of drug-likeness (QED) is 0.672. The van der Waals surface area contributed by atoms with Crippen LogP contribution in [0.25, 0.3) is 0 Å². The standard InChI is InChI=1S/C15H17ClFN3/c1-9-5-12(6-10(2)19-9)15(20-18)8-11-7-13(16)3-4-14(11)17/h3-7,15,20H,8,18H2,1-2H3. The zero-order chi connectivity index (χ0) is 14.7. The first-order chi connectivity index (χ1) is 9.49. The van der Waals surface area contributed by atoms with E-state index in [4.69, 9.17) is 17.4 Å². The number of nitrogens with one attached hydrogen (secondary N) is 1. The lowest BCUT2D eigenvalue weighted by Crippen LogP contribution is -2.30. The molecule has 3 N–H and O–H groups in total. The summed E-state index contributed by atoms with van der Waals surface area (Å²) in [6.07, 6.45) is 0.422. The zero-order valence-corrected chi connectivity index (χ0v) is 12.2. The third-order valence-electron chi connectivity index (χ3n) is 3.14. The van der Waals surface area contributed by atoms with E-state index in [-0.39, 0.29) is 11.9 Å². The van der Waals surface area contributed by atoms with E-state index >= 15 is 0 Å². The van der Waals surface area contributed by atoms with Gasteiger partial charge in [0.15, 0.2) is 0 Å². The van der Waals surface area contributed by atoms with E-state index in [1.807, 2.05) is 26.0 Å². The smallest absolute Gasteiger partial charge is 0.126 e. The first kappa shape index (κ1) is 14.9.